The van der Waals surface area contributed by atoms with Gasteiger partial charge >= 0.3 is 5.97 Å². The van der Waals surface area contributed by atoms with Crippen molar-refractivity contribution < 1.29 is 9.53 Å². The lowest BCUT2D eigenvalue weighted by atomic mass is 10.2. The van der Waals surface area contributed by atoms with Gasteiger partial charge < -0.3 is 10.1 Å². The minimum atomic E-state index is -0.443. The van der Waals surface area contributed by atoms with Gasteiger partial charge in [0.25, 0.3) is 0 Å². The number of nitrogens with one attached hydrogen (secondary N) is 1. The summed E-state index contributed by atoms with van der Waals surface area (Å²) in [5, 5.41) is 3.15. The van der Waals surface area contributed by atoms with Crippen LogP contribution in [-0.4, -0.2) is 24.4 Å². The highest BCUT2D eigenvalue weighted by Gasteiger charge is 2.18. The fourth-order valence-corrected chi connectivity index (χ4v) is 2.29. The Morgan fingerprint density at radius 3 is 2.45 bits per heavy atom. The van der Waals surface area contributed by atoms with Crippen molar-refractivity contribution in [3.05, 3.63) is 65.7 Å². The molecule has 0 saturated carbocycles. The van der Waals surface area contributed by atoms with E-state index in [-0.39, 0.29) is 5.97 Å². The third-order valence-electron chi connectivity index (χ3n) is 3.34. The van der Waals surface area contributed by atoms with Gasteiger partial charge in [0.05, 0.1) is 6.61 Å². The number of anilines is 1. The van der Waals surface area contributed by atoms with E-state index in [1.807, 2.05) is 61.5 Å². The van der Waals surface area contributed by atoms with Crippen LogP contribution in [0.3, 0.4) is 0 Å². The van der Waals surface area contributed by atoms with Crippen LogP contribution in [0.2, 0.25) is 0 Å². The van der Waals surface area contributed by atoms with Crippen molar-refractivity contribution in [1.82, 2.24) is 0 Å². The van der Waals surface area contributed by atoms with Crippen molar-refractivity contribution in [2.45, 2.75) is 19.4 Å². The first-order valence-electron chi connectivity index (χ1n) is 7.33. The molecule has 0 radical (unpaired) electrons. The van der Waals surface area contributed by atoms with Crippen LogP contribution in [0, 0.1) is 6.92 Å². The molecule has 3 nitrogen and oxygen atoms in total. The van der Waals surface area contributed by atoms with Gasteiger partial charge in [-0.25, -0.2) is 4.79 Å². The number of carbonyl (C=O) groups excluding carboxylic acids is 1. The molecule has 0 spiro atoms. The van der Waals surface area contributed by atoms with E-state index in [0.717, 1.165) is 17.7 Å². The molecule has 0 aliphatic heterocycles. The molecule has 2 rings (SSSR count). The summed E-state index contributed by atoms with van der Waals surface area (Å²) in [5.41, 5.74) is 3.23. The average molecular weight is 315 g/mol. The second kappa shape index (κ2) is 8.49. The molecule has 0 aliphatic rings. The molecule has 4 heteroatoms. The molecule has 0 amide bonds. The van der Waals surface area contributed by atoms with E-state index >= 15 is 0 Å². The zero-order valence-electron chi connectivity index (χ0n) is 12.7. The highest BCUT2D eigenvalue weighted by molar-refractivity contribution is 7.80. The second-order valence-corrected chi connectivity index (χ2v) is 5.51. The fourth-order valence-electron chi connectivity index (χ4n) is 2.04. The number of hydrogen-bond donors (Lipinski definition) is 2. The SMILES string of the molecule is Cc1ccc(N[C@H](CS)C(=O)OCCc2ccccc2)cc1. The first kappa shape index (κ1) is 16.4. The van der Waals surface area contributed by atoms with Crippen LogP contribution < -0.4 is 5.32 Å². The van der Waals surface area contributed by atoms with E-state index in [2.05, 4.69) is 17.9 Å². The molecule has 0 aromatic heterocycles. The summed E-state index contributed by atoms with van der Waals surface area (Å²) in [5.74, 6) is 0.115. The summed E-state index contributed by atoms with van der Waals surface area (Å²) in [6, 6.07) is 17.4. The predicted octanol–water partition coefficient (Wildman–Crippen LogP) is 3.49. The van der Waals surface area contributed by atoms with Crippen LogP contribution in [-0.2, 0) is 16.0 Å². The Kier molecular flexibility index (Phi) is 6.34. The van der Waals surface area contributed by atoms with Crippen molar-refractivity contribution in [3.63, 3.8) is 0 Å². The minimum absolute atomic E-state index is 0.272. The Hall–Kier alpha value is -1.94. The van der Waals surface area contributed by atoms with Crippen molar-refractivity contribution in [1.29, 1.82) is 0 Å². The lowest BCUT2D eigenvalue weighted by molar-refractivity contribution is -0.143. The molecule has 2 aromatic carbocycles. The maximum absolute atomic E-state index is 12.1. The van der Waals surface area contributed by atoms with Crippen molar-refractivity contribution >= 4 is 24.3 Å². The van der Waals surface area contributed by atoms with E-state index in [9.17, 15) is 4.79 Å². The van der Waals surface area contributed by atoms with Crippen molar-refractivity contribution in [2.75, 3.05) is 17.7 Å². The molecule has 2 aromatic rings. The minimum Gasteiger partial charge on any atom is -0.464 e. The Morgan fingerprint density at radius 1 is 1.14 bits per heavy atom. The maximum Gasteiger partial charge on any atom is 0.329 e. The molecular formula is C18H21NO2S. The van der Waals surface area contributed by atoms with Gasteiger partial charge in [-0.15, -0.1) is 0 Å². The Bertz CT molecular complexity index is 584. The molecule has 1 N–H and O–H groups in total. The molecule has 0 unspecified atom stereocenters. The van der Waals surface area contributed by atoms with Crippen LogP contribution in [0.15, 0.2) is 54.6 Å². The summed E-state index contributed by atoms with van der Waals surface area (Å²) < 4.78 is 5.34. The molecule has 0 fully saturated rings. The lowest BCUT2D eigenvalue weighted by Crippen LogP contribution is -2.33. The number of benzene rings is 2. The topological polar surface area (TPSA) is 38.3 Å². The zero-order chi connectivity index (χ0) is 15.8. The van der Waals surface area contributed by atoms with Crippen LogP contribution in [0.4, 0.5) is 5.69 Å². The van der Waals surface area contributed by atoms with E-state index in [4.69, 9.17) is 4.74 Å². The standard InChI is InChI=1S/C18H21NO2S/c1-14-7-9-16(10-8-14)19-17(13-22)18(20)21-12-11-15-5-3-2-4-6-15/h2-10,17,19,22H,11-13H2,1H3/t17-/m1/s1. The summed E-state index contributed by atoms with van der Waals surface area (Å²) in [6.45, 7) is 2.40. The Morgan fingerprint density at radius 2 is 1.82 bits per heavy atom. The quantitative estimate of drug-likeness (QED) is 0.607. The molecule has 0 bridgehead atoms. The number of ether oxygens (including phenoxy) is 1. The van der Waals surface area contributed by atoms with Gasteiger partial charge in [-0.2, -0.15) is 12.6 Å². The van der Waals surface area contributed by atoms with Gasteiger partial charge in [0.15, 0.2) is 0 Å². The normalized spacial score (nSPS) is 11.7. The van der Waals surface area contributed by atoms with Gasteiger partial charge in [-0.05, 0) is 24.6 Å². The molecule has 0 saturated heterocycles. The summed E-state index contributed by atoms with van der Waals surface area (Å²) >= 11 is 4.23. The molecular weight excluding hydrogens is 294 g/mol. The largest absolute Gasteiger partial charge is 0.464 e. The molecule has 1 atom stereocenters. The van der Waals surface area contributed by atoms with Crippen LogP contribution in [0.1, 0.15) is 11.1 Å². The highest BCUT2D eigenvalue weighted by atomic mass is 32.1. The zero-order valence-corrected chi connectivity index (χ0v) is 13.6. The summed E-state index contributed by atoms with van der Waals surface area (Å²) in [6.07, 6.45) is 0.719. The molecule has 0 heterocycles. The van der Waals surface area contributed by atoms with Gasteiger partial charge in [-0.3, -0.25) is 0 Å². The van der Waals surface area contributed by atoms with Gasteiger partial charge in [0.1, 0.15) is 6.04 Å². The predicted molar refractivity (Wildman–Crippen MR) is 93.5 cm³/mol. The number of thiol groups is 1. The average Bonchev–Trinajstić information content (AvgIpc) is 2.55. The third kappa shape index (κ3) is 5.11. The first-order chi connectivity index (χ1) is 10.7. The van der Waals surface area contributed by atoms with E-state index < -0.39 is 6.04 Å². The Labute approximate surface area is 137 Å². The van der Waals surface area contributed by atoms with Gasteiger partial charge in [-0.1, -0.05) is 48.0 Å². The number of aryl methyl sites for hydroxylation is 1. The molecule has 116 valence electrons. The number of rotatable bonds is 7. The first-order valence-corrected chi connectivity index (χ1v) is 7.97. The maximum atomic E-state index is 12.1. The Balaban J connectivity index is 1.82. The number of carbonyl (C=O) groups is 1. The van der Waals surface area contributed by atoms with Crippen molar-refractivity contribution in [3.8, 4) is 0 Å². The van der Waals surface area contributed by atoms with Crippen molar-refractivity contribution in [2.24, 2.45) is 0 Å². The van der Waals surface area contributed by atoms with Crippen LogP contribution in [0.25, 0.3) is 0 Å². The highest BCUT2D eigenvalue weighted by Crippen LogP contribution is 2.11. The van der Waals surface area contributed by atoms with E-state index in [1.54, 1.807) is 0 Å². The van der Waals surface area contributed by atoms with Gasteiger partial charge in [0, 0.05) is 17.9 Å². The monoisotopic (exact) mass is 315 g/mol. The van der Waals surface area contributed by atoms with Gasteiger partial charge in [0.2, 0.25) is 0 Å². The van der Waals surface area contributed by atoms with E-state index in [0.29, 0.717) is 12.4 Å². The molecule has 0 aliphatic carbocycles. The third-order valence-corrected chi connectivity index (χ3v) is 3.70. The number of esters is 1. The summed E-state index contributed by atoms with van der Waals surface area (Å²) in [4.78, 5) is 12.1. The fraction of sp³-hybridized carbons (Fsp3) is 0.278. The van der Waals surface area contributed by atoms with Crippen LogP contribution >= 0.6 is 12.6 Å². The lowest BCUT2D eigenvalue weighted by Gasteiger charge is -2.17. The number of hydrogen-bond acceptors (Lipinski definition) is 4. The smallest absolute Gasteiger partial charge is 0.329 e. The second-order valence-electron chi connectivity index (χ2n) is 5.15. The van der Waals surface area contributed by atoms with Crippen LogP contribution in [0.5, 0.6) is 0 Å². The molecule has 22 heavy (non-hydrogen) atoms. The van der Waals surface area contributed by atoms with E-state index in [1.165, 1.54) is 5.56 Å². The summed E-state index contributed by atoms with van der Waals surface area (Å²) in [7, 11) is 0.